The fraction of sp³-hybridized carbons (Fsp3) is 0.333. The Morgan fingerprint density at radius 1 is 1.56 bits per heavy atom. The van der Waals surface area contributed by atoms with Crippen LogP contribution in [0.4, 0.5) is 10.1 Å². The third kappa shape index (κ3) is 3.00. The highest BCUT2D eigenvalue weighted by Gasteiger charge is 2.30. The number of aliphatic hydroxyl groups excluding tert-OH is 1. The highest BCUT2D eigenvalue weighted by Crippen LogP contribution is 2.26. The Labute approximate surface area is 102 Å². The lowest BCUT2D eigenvalue weighted by atomic mass is 10.3. The SMILES string of the molecule is C[C@@H](CO)NS(=O)(=O)c1cccc(F)c1[N+](=O)[O-]. The standard InChI is InChI=1S/C9H11FN2O5S/c1-6(5-13)11-18(16,17)8-4-2-3-7(10)9(8)12(14)15/h2-4,6,11,13H,5H2,1H3/t6-/m0/s1. The first-order valence-corrected chi connectivity index (χ1v) is 6.34. The van der Waals surface area contributed by atoms with Crippen molar-refractivity contribution in [3.63, 3.8) is 0 Å². The molecule has 7 nitrogen and oxygen atoms in total. The Hall–Kier alpha value is -1.58. The van der Waals surface area contributed by atoms with Gasteiger partial charge in [-0.15, -0.1) is 0 Å². The van der Waals surface area contributed by atoms with Crippen molar-refractivity contribution in [2.24, 2.45) is 0 Å². The van der Waals surface area contributed by atoms with Crippen LogP contribution in [0.2, 0.25) is 0 Å². The topological polar surface area (TPSA) is 110 Å². The summed E-state index contributed by atoms with van der Waals surface area (Å²) in [5.41, 5.74) is -1.12. The van der Waals surface area contributed by atoms with Crippen LogP contribution in [0.5, 0.6) is 0 Å². The smallest absolute Gasteiger partial charge is 0.324 e. The van der Waals surface area contributed by atoms with Gasteiger partial charge in [-0.1, -0.05) is 6.07 Å². The summed E-state index contributed by atoms with van der Waals surface area (Å²) in [5.74, 6) is -1.24. The highest BCUT2D eigenvalue weighted by atomic mass is 32.2. The van der Waals surface area contributed by atoms with Crippen molar-refractivity contribution in [2.75, 3.05) is 6.61 Å². The van der Waals surface area contributed by atoms with Crippen molar-refractivity contribution in [2.45, 2.75) is 17.9 Å². The minimum Gasteiger partial charge on any atom is -0.395 e. The third-order valence-electron chi connectivity index (χ3n) is 2.05. The number of halogens is 1. The molecular weight excluding hydrogens is 267 g/mol. The van der Waals surface area contributed by atoms with Crippen LogP contribution in [0.1, 0.15) is 6.92 Å². The van der Waals surface area contributed by atoms with Gasteiger partial charge >= 0.3 is 5.69 Å². The van der Waals surface area contributed by atoms with Crippen LogP contribution in [0, 0.1) is 15.9 Å². The second-order valence-electron chi connectivity index (χ2n) is 3.55. The molecule has 1 aromatic carbocycles. The lowest BCUT2D eigenvalue weighted by Gasteiger charge is -2.11. The van der Waals surface area contributed by atoms with E-state index in [0.29, 0.717) is 0 Å². The van der Waals surface area contributed by atoms with Crippen molar-refractivity contribution in [3.05, 3.63) is 34.1 Å². The average molecular weight is 278 g/mol. The number of para-hydroxylation sites is 1. The summed E-state index contributed by atoms with van der Waals surface area (Å²) in [5, 5.41) is 19.4. The van der Waals surface area contributed by atoms with Gasteiger partial charge in [0.05, 0.1) is 11.5 Å². The highest BCUT2D eigenvalue weighted by molar-refractivity contribution is 7.89. The second kappa shape index (κ2) is 5.38. The van der Waals surface area contributed by atoms with Crippen molar-refractivity contribution < 1.29 is 22.8 Å². The van der Waals surface area contributed by atoms with E-state index in [-0.39, 0.29) is 0 Å². The molecule has 0 saturated carbocycles. The molecule has 9 heteroatoms. The van der Waals surface area contributed by atoms with Crippen molar-refractivity contribution >= 4 is 15.7 Å². The van der Waals surface area contributed by atoms with Crippen LogP contribution >= 0.6 is 0 Å². The zero-order chi connectivity index (χ0) is 13.9. The van der Waals surface area contributed by atoms with E-state index >= 15 is 0 Å². The van der Waals surface area contributed by atoms with E-state index in [1.165, 1.54) is 6.92 Å². The monoisotopic (exact) mass is 278 g/mol. The van der Waals surface area contributed by atoms with Crippen molar-refractivity contribution in [1.82, 2.24) is 4.72 Å². The van der Waals surface area contributed by atoms with Gasteiger partial charge in [-0.2, -0.15) is 4.39 Å². The third-order valence-corrected chi connectivity index (χ3v) is 3.67. The molecule has 2 N–H and O–H groups in total. The van der Waals surface area contributed by atoms with Gasteiger partial charge in [0.2, 0.25) is 15.8 Å². The molecule has 0 heterocycles. The molecule has 0 fully saturated rings. The Kier molecular flexibility index (Phi) is 4.33. The van der Waals surface area contributed by atoms with Gasteiger partial charge in [0, 0.05) is 6.04 Å². The summed E-state index contributed by atoms with van der Waals surface area (Å²) in [6, 6.07) is 1.94. The Morgan fingerprint density at radius 2 is 2.17 bits per heavy atom. The Balaban J connectivity index is 3.33. The predicted octanol–water partition coefficient (Wildman–Crippen LogP) is 0.393. The molecule has 1 rings (SSSR count). The first-order chi connectivity index (χ1) is 8.29. The molecule has 0 aliphatic heterocycles. The van der Waals surface area contributed by atoms with Gasteiger partial charge in [-0.05, 0) is 19.1 Å². The summed E-state index contributed by atoms with van der Waals surface area (Å²) in [4.78, 5) is 8.79. The normalized spacial score (nSPS) is 13.3. The second-order valence-corrected chi connectivity index (χ2v) is 5.23. The lowest BCUT2D eigenvalue weighted by Crippen LogP contribution is -2.35. The number of nitrogens with zero attached hydrogens (tertiary/aromatic N) is 1. The van der Waals surface area contributed by atoms with Gasteiger partial charge in [-0.3, -0.25) is 10.1 Å². The maximum absolute atomic E-state index is 13.3. The summed E-state index contributed by atoms with van der Waals surface area (Å²) in [7, 11) is -4.26. The molecule has 0 amide bonds. The quantitative estimate of drug-likeness (QED) is 0.598. The van der Waals surface area contributed by atoms with Crippen LogP contribution in [-0.4, -0.2) is 31.1 Å². The maximum atomic E-state index is 13.3. The van der Waals surface area contributed by atoms with Gasteiger partial charge in [0.1, 0.15) is 0 Å². The predicted molar refractivity (Wildman–Crippen MR) is 59.9 cm³/mol. The summed E-state index contributed by atoms with van der Waals surface area (Å²) in [6.07, 6.45) is 0. The molecule has 0 saturated heterocycles. The van der Waals surface area contributed by atoms with Crippen LogP contribution in [0.3, 0.4) is 0 Å². The number of benzene rings is 1. The van der Waals surface area contributed by atoms with Crippen LogP contribution < -0.4 is 4.72 Å². The number of hydrogen-bond donors (Lipinski definition) is 2. The van der Waals surface area contributed by atoms with E-state index in [9.17, 15) is 22.9 Å². The summed E-state index contributed by atoms with van der Waals surface area (Å²) in [6.45, 7) is 0.880. The Bertz CT molecular complexity index is 560. The zero-order valence-corrected chi connectivity index (χ0v) is 10.1. The number of aliphatic hydroxyl groups is 1. The average Bonchev–Trinajstić information content (AvgIpc) is 2.27. The maximum Gasteiger partial charge on any atom is 0.324 e. The van der Waals surface area contributed by atoms with E-state index in [1.807, 2.05) is 4.72 Å². The molecule has 0 bridgehead atoms. The van der Waals surface area contributed by atoms with E-state index in [4.69, 9.17) is 5.11 Å². The first kappa shape index (κ1) is 14.5. The van der Waals surface area contributed by atoms with Gasteiger partial charge in [-0.25, -0.2) is 13.1 Å². The van der Waals surface area contributed by atoms with E-state index < -0.39 is 44.0 Å². The molecule has 0 unspecified atom stereocenters. The molecule has 0 aliphatic carbocycles. The van der Waals surface area contributed by atoms with Gasteiger partial charge in [0.25, 0.3) is 0 Å². The van der Waals surface area contributed by atoms with Crippen molar-refractivity contribution in [1.29, 1.82) is 0 Å². The lowest BCUT2D eigenvalue weighted by molar-refractivity contribution is -0.390. The van der Waals surface area contributed by atoms with Crippen LogP contribution in [-0.2, 0) is 10.0 Å². The number of nitrogens with one attached hydrogen (secondary N) is 1. The molecule has 1 atom stereocenters. The Morgan fingerprint density at radius 3 is 2.67 bits per heavy atom. The zero-order valence-electron chi connectivity index (χ0n) is 9.33. The van der Waals surface area contributed by atoms with E-state index in [0.717, 1.165) is 18.2 Å². The van der Waals surface area contributed by atoms with Crippen LogP contribution in [0.15, 0.2) is 23.1 Å². The fourth-order valence-corrected chi connectivity index (χ4v) is 2.67. The van der Waals surface area contributed by atoms with E-state index in [2.05, 4.69) is 0 Å². The summed E-state index contributed by atoms with van der Waals surface area (Å²) >= 11 is 0. The molecule has 18 heavy (non-hydrogen) atoms. The summed E-state index contributed by atoms with van der Waals surface area (Å²) < 4.78 is 38.8. The van der Waals surface area contributed by atoms with E-state index in [1.54, 1.807) is 0 Å². The molecule has 0 radical (unpaired) electrons. The number of nitro groups is 1. The van der Waals surface area contributed by atoms with Gasteiger partial charge < -0.3 is 5.11 Å². The molecule has 0 aromatic heterocycles. The molecule has 0 spiro atoms. The molecule has 0 aliphatic rings. The largest absolute Gasteiger partial charge is 0.395 e. The molecular formula is C9H11FN2O5S. The van der Waals surface area contributed by atoms with Gasteiger partial charge in [0.15, 0.2) is 4.90 Å². The van der Waals surface area contributed by atoms with Crippen molar-refractivity contribution in [3.8, 4) is 0 Å². The minimum atomic E-state index is -4.26. The molecule has 1 aromatic rings. The van der Waals surface area contributed by atoms with Crippen LogP contribution in [0.25, 0.3) is 0 Å². The number of hydrogen-bond acceptors (Lipinski definition) is 5. The number of sulfonamides is 1. The number of nitro benzene ring substituents is 1. The minimum absolute atomic E-state index is 0.484. The first-order valence-electron chi connectivity index (χ1n) is 4.85. The molecule has 100 valence electrons. The number of rotatable bonds is 5. The fourth-order valence-electron chi connectivity index (χ4n) is 1.26.